The van der Waals surface area contributed by atoms with Crippen LogP contribution in [0.15, 0.2) is 30.3 Å². The van der Waals surface area contributed by atoms with Crippen LogP contribution in [0.25, 0.3) is 5.69 Å². The number of hydrogen-bond acceptors (Lipinski definition) is 2. The van der Waals surface area contributed by atoms with Crippen LogP contribution in [0.5, 0.6) is 5.75 Å². The van der Waals surface area contributed by atoms with E-state index in [2.05, 4.69) is 11.2 Å². The molecule has 0 saturated heterocycles. The average Bonchev–Trinajstić information content (AvgIpc) is 3.07. The van der Waals surface area contributed by atoms with Crippen molar-refractivity contribution in [2.75, 3.05) is 7.11 Å². The van der Waals surface area contributed by atoms with Gasteiger partial charge in [-0.25, -0.2) is 4.68 Å². The number of para-hydroxylation sites is 2. The number of methoxy groups -OCH3 is 1. The molecule has 1 aliphatic rings. The number of ether oxygens (including phenoxy) is 1. The highest BCUT2D eigenvalue weighted by atomic mass is 32.1. The predicted octanol–water partition coefficient (Wildman–Crippen LogP) is 4.20. The molecule has 0 bridgehead atoms. The molecule has 3 rings (SSSR count). The third-order valence-corrected chi connectivity index (χ3v) is 4.16. The number of nitrogens with one attached hydrogen (secondary N) is 1. The predicted molar refractivity (Wildman–Crippen MR) is 78.7 cm³/mol. The second kappa shape index (κ2) is 5.21. The summed E-state index contributed by atoms with van der Waals surface area (Å²) in [5, 5.41) is 3.45. The van der Waals surface area contributed by atoms with Gasteiger partial charge in [-0.15, -0.1) is 0 Å². The molecule has 2 aromatic rings. The Morgan fingerprint density at radius 3 is 2.74 bits per heavy atom. The third-order valence-electron chi connectivity index (χ3n) is 3.86. The minimum absolute atomic E-state index is 0.637. The van der Waals surface area contributed by atoms with E-state index in [0.717, 1.165) is 16.1 Å². The molecule has 1 N–H and O–H groups in total. The lowest BCUT2D eigenvalue weighted by molar-refractivity contribution is 0.411. The molecule has 0 unspecified atom stereocenters. The maximum atomic E-state index is 5.47. The van der Waals surface area contributed by atoms with Crippen LogP contribution >= 0.6 is 12.2 Å². The topological polar surface area (TPSA) is 29.9 Å². The summed E-state index contributed by atoms with van der Waals surface area (Å²) in [5.74, 6) is 1.47. The van der Waals surface area contributed by atoms with Crippen molar-refractivity contribution in [1.29, 1.82) is 0 Å². The van der Waals surface area contributed by atoms with Gasteiger partial charge in [0.1, 0.15) is 16.1 Å². The molecule has 1 saturated carbocycles. The first-order valence-electron chi connectivity index (χ1n) is 6.75. The van der Waals surface area contributed by atoms with E-state index in [-0.39, 0.29) is 0 Å². The number of hydrogen-bond donors (Lipinski definition) is 1. The van der Waals surface area contributed by atoms with E-state index in [0.29, 0.717) is 5.92 Å². The quantitative estimate of drug-likeness (QED) is 0.850. The first kappa shape index (κ1) is 12.5. The van der Waals surface area contributed by atoms with Gasteiger partial charge in [0.15, 0.2) is 0 Å². The lowest BCUT2D eigenvalue weighted by atomic mass is 10.1. The second-order valence-electron chi connectivity index (χ2n) is 5.04. The second-order valence-corrected chi connectivity index (χ2v) is 5.46. The van der Waals surface area contributed by atoms with Crippen molar-refractivity contribution in [3.63, 3.8) is 0 Å². The van der Waals surface area contributed by atoms with Crippen LogP contribution in [0.3, 0.4) is 0 Å². The molecule has 0 radical (unpaired) electrons. The van der Waals surface area contributed by atoms with Crippen molar-refractivity contribution < 1.29 is 4.74 Å². The van der Waals surface area contributed by atoms with Crippen molar-refractivity contribution in [2.24, 2.45) is 0 Å². The van der Waals surface area contributed by atoms with E-state index in [9.17, 15) is 0 Å². The normalized spacial score (nSPS) is 15.8. The summed E-state index contributed by atoms with van der Waals surface area (Å²) in [4.78, 5) is 0. The van der Waals surface area contributed by atoms with Crippen molar-refractivity contribution in [3.05, 3.63) is 40.7 Å². The number of aromatic amines is 1. The monoisotopic (exact) mass is 274 g/mol. The van der Waals surface area contributed by atoms with Gasteiger partial charge >= 0.3 is 0 Å². The van der Waals surface area contributed by atoms with Gasteiger partial charge in [-0.05, 0) is 31.0 Å². The summed E-state index contributed by atoms with van der Waals surface area (Å²) >= 11 is 5.47. The highest BCUT2D eigenvalue weighted by molar-refractivity contribution is 7.71. The molecule has 3 nitrogen and oxygen atoms in total. The molecular formula is C15H18N2OS. The Balaban J connectivity index is 2.03. The molecule has 1 heterocycles. The maximum Gasteiger partial charge on any atom is 0.144 e. The Labute approximate surface area is 118 Å². The Morgan fingerprint density at radius 2 is 2.00 bits per heavy atom. The molecule has 19 heavy (non-hydrogen) atoms. The van der Waals surface area contributed by atoms with Gasteiger partial charge in [0.05, 0.1) is 7.11 Å². The molecule has 0 spiro atoms. The molecule has 1 aliphatic carbocycles. The molecule has 0 atom stereocenters. The Bertz CT molecular complexity index is 623. The van der Waals surface area contributed by atoms with Gasteiger partial charge in [-0.1, -0.05) is 37.2 Å². The zero-order chi connectivity index (χ0) is 13.2. The SMILES string of the molecule is COc1ccccc1-n1[nH]c(C2CCCC2)cc1=S. The van der Waals surface area contributed by atoms with Gasteiger partial charge in [0.25, 0.3) is 0 Å². The van der Waals surface area contributed by atoms with E-state index in [1.165, 1.54) is 31.4 Å². The van der Waals surface area contributed by atoms with Crippen LogP contribution in [0.1, 0.15) is 37.3 Å². The minimum Gasteiger partial charge on any atom is -0.494 e. The van der Waals surface area contributed by atoms with Crippen molar-refractivity contribution in [3.8, 4) is 11.4 Å². The summed E-state index contributed by atoms with van der Waals surface area (Å²) in [6.45, 7) is 0. The van der Waals surface area contributed by atoms with Crippen LogP contribution in [0, 0.1) is 4.64 Å². The molecule has 4 heteroatoms. The fraction of sp³-hybridized carbons (Fsp3) is 0.400. The van der Waals surface area contributed by atoms with E-state index in [1.54, 1.807) is 7.11 Å². The van der Waals surface area contributed by atoms with Gasteiger partial charge in [-0.2, -0.15) is 0 Å². The minimum atomic E-state index is 0.637. The average molecular weight is 274 g/mol. The zero-order valence-corrected chi connectivity index (χ0v) is 11.9. The molecule has 0 aliphatic heterocycles. The number of nitrogens with zero attached hydrogens (tertiary/aromatic N) is 1. The lowest BCUT2D eigenvalue weighted by Crippen LogP contribution is -2.01. The van der Waals surface area contributed by atoms with Crippen molar-refractivity contribution >= 4 is 12.2 Å². The van der Waals surface area contributed by atoms with E-state index < -0.39 is 0 Å². The van der Waals surface area contributed by atoms with Crippen LogP contribution < -0.4 is 4.74 Å². The largest absolute Gasteiger partial charge is 0.494 e. The van der Waals surface area contributed by atoms with Crippen molar-refractivity contribution in [1.82, 2.24) is 9.78 Å². The van der Waals surface area contributed by atoms with Gasteiger partial charge in [0.2, 0.25) is 0 Å². The number of aromatic nitrogens is 2. The fourth-order valence-electron chi connectivity index (χ4n) is 2.85. The summed E-state index contributed by atoms with van der Waals surface area (Å²) in [7, 11) is 1.68. The standard InChI is InChI=1S/C15H18N2OS/c1-18-14-9-5-4-8-13(14)17-15(19)10-12(16-17)11-6-2-3-7-11/h4-5,8-11,16H,2-3,6-7H2,1H3. The van der Waals surface area contributed by atoms with E-state index in [4.69, 9.17) is 17.0 Å². The van der Waals surface area contributed by atoms with Crippen LogP contribution in [0.4, 0.5) is 0 Å². The maximum absolute atomic E-state index is 5.47. The first-order chi connectivity index (χ1) is 9.29. The Hall–Kier alpha value is -1.55. The first-order valence-corrected chi connectivity index (χ1v) is 7.16. The smallest absolute Gasteiger partial charge is 0.144 e. The highest BCUT2D eigenvalue weighted by Crippen LogP contribution is 2.34. The molecule has 1 fully saturated rings. The number of benzene rings is 1. The van der Waals surface area contributed by atoms with Crippen LogP contribution in [-0.4, -0.2) is 16.9 Å². The van der Waals surface area contributed by atoms with Crippen molar-refractivity contribution in [2.45, 2.75) is 31.6 Å². The number of H-pyrrole nitrogens is 1. The Kier molecular flexibility index (Phi) is 3.42. The van der Waals surface area contributed by atoms with Crippen LogP contribution in [-0.2, 0) is 0 Å². The van der Waals surface area contributed by atoms with Gasteiger partial charge in [-0.3, -0.25) is 5.10 Å². The summed E-state index contributed by atoms with van der Waals surface area (Å²) < 4.78 is 8.16. The van der Waals surface area contributed by atoms with E-state index in [1.807, 2.05) is 28.9 Å². The third kappa shape index (κ3) is 2.32. The highest BCUT2D eigenvalue weighted by Gasteiger charge is 2.19. The molecule has 1 aromatic heterocycles. The Morgan fingerprint density at radius 1 is 1.26 bits per heavy atom. The lowest BCUT2D eigenvalue weighted by Gasteiger charge is -2.10. The number of rotatable bonds is 3. The van der Waals surface area contributed by atoms with Crippen LogP contribution in [0.2, 0.25) is 0 Å². The molecule has 0 amide bonds. The molecular weight excluding hydrogens is 256 g/mol. The molecule has 1 aromatic carbocycles. The summed E-state index contributed by atoms with van der Waals surface area (Å²) in [5.41, 5.74) is 2.23. The zero-order valence-electron chi connectivity index (χ0n) is 11.1. The van der Waals surface area contributed by atoms with E-state index >= 15 is 0 Å². The fourth-order valence-corrected chi connectivity index (χ4v) is 3.12. The summed E-state index contributed by atoms with van der Waals surface area (Å²) in [6, 6.07) is 10.0. The summed E-state index contributed by atoms with van der Waals surface area (Å²) in [6.07, 6.45) is 5.18. The molecule has 100 valence electrons. The van der Waals surface area contributed by atoms with Gasteiger partial charge in [0, 0.05) is 11.6 Å². The van der Waals surface area contributed by atoms with Gasteiger partial charge < -0.3 is 4.74 Å².